The minimum Gasteiger partial charge on any atom is -1.00 e. The maximum atomic E-state index is 7.56. The topological polar surface area (TPSA) is 121 Å². The summed E-state index contributed by atoms with van der Waals surface area (Å²) in [5.41, 5.74) is 0. The molecule has 19 heavy (non-hydrogen) atoms. The Labute approximate surface area is 150 Å². The van der Waals surface area contributed by atoms with Crippen molar-refractivity contribution in [3.63, 3.8) is 0 Å². The standard InChI is InChI=1S/2C4H10.Na.2H3O3PS.H/c2*1-3-4-2;;2*1-4(2,3)5;/h2*3-4H2,1-2H3;;2*(H3,1,2,3,5);/q;;+1;;;-1. The molecule has 0 fully saturated rings. The zero-order chi connectivity index (χ0) is 15.8. The molecule has 0 radical (unpaired) electrons. The van der Waals surface area contributed by atoms with Crippen molar-refractivity contribution in [2.75, 3.05) is 0 Å². The van der Waals surface area contributed by atoms with E-state index >= 15 is 0 Å². The van der Waals surface area contributed by atoms with E-state index in [0.717, 1.165) is 0 Å². The van der Waals surface area contributed by atoms with E-state index in [0.29, 0.717) is 0 Å². The van der Waals surface area contributed by atoms with Gasteiger partial charge in [-0.15, -0.1) is 0 Å². The van der Waals surface area contributed by atoms with E-state index in [1.165, 1.54) is 25.7 Å². The maximum absolute atomic E-state index is 7.56. The van der Waals surface area contributed by atoms with Gasteiger partial charge in [0.25, 0.3) is 0 Å². The molecule has 0 saturated heterocycles. The molecule has 6 N–H and O–H groups in total. The molecule has 0 aliphatic carbocycles. The largest absolute Gasteiger partial charge is 1.00 e. The Morgan fingerprint density at radius 3 is 0.684 bits per heavy atom. The fourth-order valence-electron chi connectivity index (χ4n) is 0. The van der Waals surface area contributed by atoms with E-state index in [2.05, 4.69) is 51.3 Å². The van der Waals surface area contributed by atoms with Crippen LogP contribution in [0.2, 0.25) is 0 Å². The molecule has 0 amide bonds. The van der Waals surface area contributed by atoms with Gasteiger partial charge < -0.3 is 30.8 Å². The Morgan fingerprint density at radius 2 is 0.684 bits per heavy atom. The summed E-state index contributed by atoms with van der Waals surface area (Å²) in [6.07, 6.45) is 5.28. The minimum atomic E-state index is -3.81. The monoisotopic (exact) mass is 368 g/mol. The van der Waals surface area contributed by atoms with E-state index in [1.54, 1.807) is 0 Å². The van der Waals surface area contributed by atoms with E-state index in [-0.39, 0.29) is 31.0 Å². The van der Waals surface area contributed by atoms with Crippen molar-refractivity contribution in [2.45, 2.75) is 53.4 Å². The quantitative estimate of drug-likeness (QED) is 0.274. The van der Waals surface area contributed by atoms with Crippen LogP contribution in [0.1, 0.15) is 54.8 Å². The first kappa shape index (κ1) is 32.9. The van der Waals surface area contributed by atoms with Crippen LogP contribution in [0.3, 0.4) is 0 Å². The molecule has 118 valence electrons. The van der Waals surface area contributed by atoms with Gasteiger partial charge in [0, 0.05) is 0 Å². The van der Waals surface area contributed by atoms with Gasteiger partial charge in [-0.2, -0.15) is 0 Å². The fraction of sp³-hybridized carbons (Fsp3) is 1.00. The second-order valence-electron chi connectivity index (χ2n) is 3.03. The van der Waals surface area contributed by atoms with Crippen LogP contribution in [0, 0.1) is 0 Å². The Balaban J connectivity index is -0.0000000318. The third-order valence-corrected chi connectivity index (χ3v) is 1.000. The Kier molecular flexibility index (Phi) is 38.6. The molecule has 11 heteroatoms. The summed E-state index contributed by atoms with van der Waals surface area (Å²) in [5, 5.41) is 0. The molecule has 0 bridgehead atoms. The van der Waals surface area contributed by atoms with Gasteiger partial charge in [-0.3, -0.25) is 0 Å². The van der Waals surface area contributed by atoms with Gasteiger partial charge in [0.05, 0.1) is 0 Å². The third-order valence-electron chi connectivity index (χ3n) is 1.000. The summed E-state index contributed by atoms with van der Waals surface area (Å²) in [4.78, 5) is 45.3. The van der Waals surface area contributed by atoms with Crippen LogP contribution >= 0.6 is 13.4 Å². The van der Waals surface area contributed by atoms with Crippen LogP contribution in [-0.4, -0.2) is 29.4 Å². The number of hydrogen-bond acceptors (Lipinski definition) is 2. The molecule has 0 heterocycles. The first-order valence-corrected chi connectivity index (χ1v) is 10.7. The molecular weight excluding hydrogens is 341 g/mol. The van der Waals surface area contributed by atoms with Gasteiger partial charge in [0.2, 0.25) is 0 Å². The molecule has 0 aromatic carbocycles. The molecular formula is C8H27NaO6P2S2. The van der Waals surface area contributed by atoms with Gasteiger partial charge >= 0.3 is 43.0 Å². The first-order valence-electron chi connectivity index (χ1n) is 5.39. The maximum Gasteiger partial charge on any atom is 1.00 e. The van der Waals surface area contributed by atoms with Crippen molar-refractivity contribution in [1.82, 2.24) is 0 Å². The van der Waals surface area contributed by atoms with Gasteiger partial charge in [-0.1, -0.05) is 53.4 Å². The van der Waals surface area contributed by atoms with Gasteiger partial charge in [-0.05, 0) is 23.6 Å². The predicted octanol–water partition coefficient (Wildman–Crippen LogP) is -0.895. The SMILES string of the molecule is CCCC.CCCC.OP(O)(O)=S.OP(O)(O)=S.[H-].[Na+]. The summed E-state index contributed by atoms with van der Waals surface area (Å²) in [5.74, 6) is 0. The van der Waals surface area contributed by atoms with Crippen LogP contribution in [-0.2, 0) is 23.6 Å². The molecule has 0 aliphatic heterocycles. The average Bonchev–Trinajstić information content (AvgIpc) is 2.12. The molecule has 0 aliphatic rings. The van der Waals surface area contributed by atoms with E-state index in [1.807, 2.05) is 0 Å². The van der Waals surface area contributed by atoms with Crippen LogP contribution in [0.15, 0.2) is 0 Å². The Hall–Kier alpha value is 2.06. The first-order chi connectivity index (χ1) is 7.83. The van der Waals surface area contributed by atoms with Crippen LogP contribution in [0.25, 0.3) is 0 Å². The summed E-state index contributed by atoms with van der Waals surface area (Å²) < 4.78 is 0. The van der Waals surface area contributed by atoms with Crippen molar-refractivity contribution in [3.8, 4) is 0 Å². The minimum absolute atomic E-state index is 0. The van der Waals surface area contributed by atoms with Gasteiger partial charge in [-0.25, -0.2) is 0 Å². The summed E-state index contributed by atoms with van der Waals surface area (Å²) in [6.45, 7) is 1.11. The molecule has 0 unspecified atom stereocenters. The predicted molar refractivity (Wildman–Crippen MR) is 84.2 cm³/mol. The van der Waals surface area contributed by atoms with Crippen molar-refractivity contribution < 1.29 is 60.3 Å². The molecule has 0 atom stereocenters. The molecule has 6 nitrogen and oxygen atoms in total. The van der Waals surface area contributed by atoms with Crippen LogP contribution < -0.4 is 29.6 Å². The third kappa shape index (κ3) is 397. The van der Waals surface area contributed by atoms with E-state index in [4.69, 9.17) is 29.4 Å². The zero-order valence-corrected chi connectivity index (χ0v) is 17.6. The van der Waals surface area contributed by atoms with Crippen molar-refractivity contribution in [1.29, 1.82) is 0 Å². The summed E-state index contributed by atoms with van der Waals surface area (Å²) >= 11 is 7.21. The number of rotatable bonds is 2. The number of hydrogen-bond donors (Lipinski definition) is 6. The average molecular weight is 368 g/mol. The molecule has 0 aromatic rings. The van der Waals surface area contributed by atoms with Crippen LogP contribution in [0.4, 0.5) is 0 Å². The Bertz CT molecular complexity index is 194. The van der Waals surface area contributed by atoms with Gasteiger partial charge in [0.15, 0.2) is 0 Å². The molecule has 0 spiro atoms. The van der Waals surface area contributed by atoms with Crippen LogP contribution in [0.5, 0.6) is 0 Å². The van der Waals surface area contributed by atoms with E-state index < -0.39 is 13.4 Å². The van der Waals surface area contributed by atoms with Crippen molar-refractivity contribution in [2.24, 2.45) is 0 Å². The second-order valence-corrected chi connectivity index (χ2v) is 8.02. The van der Waals surface area contributed by atoms with E-state index in [9.17, 15) is 0 Å². The number of unbranched alkanes of at least 4 members (excludes halogenated alkanes) is 2. The fourth-order valence-corrected chi connectivity index (χ4v) is 0. The zero-order valence-electron chi connectivity index (χ0n) is 13.2. The summed E-state index contributed by atoms with van der Waals surface area (Å²) in [7, 11) is 0. The summed E-state index contributed by atoms with van der Waals surface area (Å²) in [6, 6.07) is 0. The molecule has 0 aromatic heterocycles. The smallest absolute Gasteiger partial charge is 1.00 e. The van der Waals surface area contributed by atoms with Gasteiger partial charge in [0.1, 0.15) is 0 Å². The molecule has 0 saturated carbocycles. The van der Waals surface area contributed by atoms with Crippen molar-refractivity contribution in [3.05, 3.63) is 0 Å². The second kappa shape index (κ2) is 22.3. The Morgan fingerprint density at radius 1 is 0.632 bits per heavy atom. The normalized spacial score (nSPS) is 9.37. The van der Waals surface area contributed by atoms with Crippen molar-refractivity contribution >= 4 is 37.1 Å². The molecule has 0 rings (SSSR count).